The Balaban J connectivity index is 1.96. The van der Waals surface area contributed by atoms with Gasteiger partial charge in [0, 0.05) is 22.6 Å². The van der Waals surface area contributed by atoms with E-state index < -0.39 is 0 Å². The van der Waals surface area contributed by atoms with Crippen LogP contribution in [0.5, 0.6) is 5.75 Å². The van der Waals surface area contributed by atoms with Gasteiger partial charge in [-0.25, -0.2) is 0 Å². The molecule has 0 aliphatic rings. The number of ether oxygens (including phenoxy) is 1. The third kappa shape index (κ3) is 4.29. The molecular weight excluding hydrogens is 330 g/mol. The van der Waals surface area contributed by atoms with Crippen molar-refractivity contribution in [2.75, 3.05) is 12.0 Å². The first kappa shape index (κ1) is 18.5. The number of methoxy groups -OCH3 is 1. The van der Waals surface area contributed by atoms with Crippen molar-refractivity contribution in [3.05, 3.63) is 108 Å². The van der Waals surface area contributed by atoms with Gasteiger partial charge in [-0.15, -0.1) is 0 Å². The number of anilines is 2. The molecule has 3 aromatic carbocycles. The van der Waals surface area contributed by atoms with Gasteiger partial charge >= 0.3 is 0 Å². The van der Waals surface area contributed by atoms with Gasteiger partial charge in [-0.3, -0.25) is 0 Å². The third-order valence-electron chi connectivity index (χ3n) is 4.48. The predicted molar refractivity (Wildman–Crippen MR) is 116 cm³/mol. The Kier molecular flexibility index (Phi) is 6.11. The van der Waals surface area contributed by atoms with Crippen molar-refractivity contribution in [1.82, 2.24) is 0 Å². The summed E-state index contributed by atoms with van der Waals surface area (Å²) in [5.41, 5.74) is 5.30. The van der Waals surface area contributed by atoms with Crippen molar-refractivity contribution < 1.29 is 4.74 Å². The van der Waals surface area contributed by atoms with Crippen LogP contribution in [0.25, 0.3) is 6.08 Å². The van der Waals surface area contributed by atoms with Crippen LogP contribution in [-0.2, 0) is 6.42 Å². The molecule has 0 aliphatic carbocycles. The standard InChI is InChI=1S/C25H25NO/c1-4-21-12-11-13-22(25(21)27-3)19-18-20(2)26(23-14-7-5-8-15-23)24-16-9-6-10-17-24/h5-19H,2,4H2,1,3H3/b19-18+. The minimum Gasteiger partial charge on any atom is -0.496 e. The van der Waals surface area contributed by atoms with E-state index in [1.54, 1.807) is 7.11 Å². The number of aryl methyl sites for hydroxylation is 1. The molecule has 0 fully saturated rings. The van der Waals surface area contributed by atoms with Gasteiger partial charge in [0.15, 0.2) is 0 Å². The van der Waals surface area contributed by atoms with Crippen LogP contribution >= 0.6 is 0 Å². The lowest BCUT2D eigenvalue weighted by molar-refractivity contribution is 0.409. The summed E-state index contributed by atoms with van der Waals surface area (Å²) in [6, 6.07) is 26.8. The lowest BCUT2D eigenvalue weighted by Crippen LogP contribution is -2.13. The number of hydrogen-bond acceptors (Lipinski definition) is 2. The molecule has 0 N–H and O–H groups in total. The fraction of sp³-hybridized carbons (Fsp3) is 0.120. The summed E-state index contributed by atoms with van der Waals surface area (Å²) in [7, 11) is 1.72. The average molecular weight is 355 g/mol. The number of hydrogen-bond donors (Lipinski definition) is 0. The fourth-order valence-electron chi connectivity index (χ4n) is 3.16. The lowest BCUT2D eigenvalue weighted by Gasteiger charge is -2.25. The monoisotopic (exact) mass is 355 g/mol. The zero-order valence-electron chi connectivity index (χ0n) is 15.9. The van der Waals surface area contributed by atoms with Crippen LogP contribution in [-0.4, -0.2) is 7.11 Å². The molecule has 0 saturated heterocycles. The molecule has 27 heavy (non-hydrogen) atoms. The van der Waals surface area contributed by atoms with Crippen molar-refractivity contribution >= 4 is 17.5 Å². The smallest absolute Gasteiger partial charge is 0.129 e. The second-order valence-electron chi connectivity index (χ2n) is 6.22. The number of benzene rings is 3. The van der Waals surface area contributed by atoms with Crippen LogP contribution in [0.1, 0.15) is 18.1 Å². The molecule has 0 aliphatic heterocycles. The molecule has 0 saturated carbocycles. The summed E-state index contributed by atoms with van der Waals surface area (Å²) in [6.45, 7) is 6.45. The second kappa shape index (κ2) is 8.91. The van der Waals surface area contributed by atoms with E-state index in [0.717, 1.165) is 34.8 Å². The molecule has 0 bridgehead atoms. The maximum atomic E-state index is 5.63. The lowest BCUT2D eigenvalue weighted by atomic mass is 10.1. The molecule has 0 spiro atoms. The fourth-order valence-corrected chi connectivity index (χ4v) is 3.16. The predicted octanol–water partition coefficient (Wildman–Crippen LogP) is 6.62. The quantitative estimate of drug-likeness (QED) is 0.441. The minimum absolute atomic E-state index is 0.886. The molecular formula is C25H25NO. The Labute approximate surface area is 162 Å². The molecule has 0 unspecified atom stereocenters. The molecule has 3 rings (SSSR count). The summed E-state index contributed by atoms with van der Waals surface area (Å²) >= 11 is 0. The highest BCUT2D eigenvalue weighted by Crippen LogP contribution is 2.31. The zero-order valence-corrected chi connectivity index (χ0v) is 15.9. The summed E-state index contributed by atoms with van der Waals surface area (Å²) in [5, 5.41) is 0. The minimum atomic E-state index is 0.886. The molecule has 0 amide bonds. The topological polar surface area (TPSA) is 12.5 Å². The van der Waals surface area contributed by atoms with Crippen LogP contribution in [0.15, 0.2) is 97.2 Å². The molecule has 3 aromatic rings. The van der Waals surface area contributed by atoms with Gasteiger partial charge in [0.1, 0.15) is 5.75 Å². The Morgan fingerprint density at radius 1 is 0.889 bits per heavy atom. The van der Waals surface area contributed by atoms with Crippen LogP contribution in [0.2, 0.25) is 0 Å². The van der Waals surface area contributed by atoms with Crippen molar-refractivity contribution in [1.29, 1.82) is 0 Å². The SMILES string of the molecule is C=C(/C=C/c1cccc(CC)c1OC)N(c1ccccc1)c1ccccc1. The highest BCUT2D eigenvalue weighted by molar-refractivity contribution is 5.72. The number of rotatable bonds is 7. The molecule has 0 atom stereocenters. The Hall–Kier alpha value is -3.26. The summed E-state index contributed by atoms with van der Waals surface area (Å²) in [6.07, 6.45) is 5.04. The van der Waals surface area contributed by atoms with Gasteiger partial charge in [-0.1, -0.05) is 68.1 Å². The first-order chi connectivity index (χ1) is 13.2. The second-order valence-corrected chi connectivity index (χ2v) is 6.22. The van der Waals surface area contributed by atoms with Crippen LogP contribution < -0.4 is 9.64 Å². The molecule has 0 aromatic heterocycles. The Morgan fingerprint density at radius 2 is 1.48 bits per heavy atom. The zero-order chi connectivity index (χ0) is 19.1. The van der Waals surface area contributed by atoms with Gasteiger partial charge in [0.05, 0.1) is 7.11 Å². The number of allylic oxidation sites excluding steroid dienone is 1. The Bertz CT molecular complexity index is 874. The van der Waals surface area contributed by atoms with Gasteiger partial charge in [-0.05, 0) is 48.4 Å². The number of para-hydroxylation sites is 3. The molecule has 2 heteroatoms. The summed E-state index contributed by atoms with van der Waals surface area (Å²) < 4.78 is 5.63. The maximum absolute atomic E-state index is 5.63. The van der Waals surface area contributed by atoms with Crippen molar-refractivity contribution in [2.45, 2.75) is 13.3 Å². The van der Waals surface area contributed by atoms with E-state index in [4.69, 9.17) is 4.74 Å². The van der Waals surface area contributed by atoms with Crippen LogP contribution in [0.3, 0.4) is 0 Å². The molecule has 136 valence electrons. The molecule has 2 nitrogen and oxygen atoms in total. The molecule has 0 heterocycles. The van der Waals surface area contributed by atoms with Gasteiger partial charge in [0.2, 0.25) is 0 Å². The maximum Gasteiger partial charge on any atom is 0.129 e. The van der Waals surface area contributed by atoms with Crippen LogP contribution in [0.4, 0.5) is 11.4 Å². The summed E-state index contributed by atoms with van der Waals surface area (Å²) in [4.78, 5) is 2.15. The average Bonchev–Trinajstić information content (AvgIpc) is 2.73. The Morgan fingerprint density at radius 3 is 2.00 bits per heavy atom. The van der Waals surface area contributed by atoms with E-state index in [0.29, 0.717) is 0 Å². The summed E-state index contributed by atoms with van der Waals surface area (Å²) in [5.74, 6) is 0.926. The van der Waals surface area contributed by atoms with E-state index in [2.05, 4.69) is 66.9 Å². The van der Waals surface area contributed by atoms with Crippen molar-refractivity contribution in [3.8, 4) is 5.75 Å². The van der Waals surface area contributed by atoms with Crippen LogP contribution in [0, 0.1) is 0 Å². The largest absolute Gasteiger partial charge is 0.496 e. The van der Waals surface area contributed by atoms with Crippen molar-refractivity contribution in [3.63, 3.8) is 0 Å². The first-order valence-electron chi connectivity index (χ1n) is 9.17. The van der Waals surface area contributed by atoms with Crippen molar-refractivity contribution in [2.24, 2.45) is 0 Å². The highest BCUT2D eigenvalue weighted by Gasteiger charge is 2.11. The van der Waals surface area contributed by atoms with E-state index in [1.807, 2.05) is 42.5 Å². The first-order valence-corrected chi connectivity index (χ1v) is 9.17. The van der Waals surface area contributed by atoms with Gasteiger partial charge < -0.3 is 9.64 Å². The van der Waals surface area contributed by atoms with E-state index in [-0.39, 0.29) is 0 Å². The molecule has 0 radical (unpaired) electrons. The van der Waals surface area contributed by atoms with E-state index in [9.17, 15) is 0 Å². The van der Waals surface area contributed by atoms with Gasteiger partial charge in [-0.2, -0.15) is 0 Å². The normalized spacial score (nSPS) is 10.7. The van der Waals surface area contributed by atoms with E-state index >= 15 is 0 Å². The third-order valence-corrected chi connectivity index (χ3v) is 4.48. The van der Waals surface area contributed by atoms with Gasteiger partial charge in [0.25, 0.3) is 0 Å². The number of nitrogens with zero attached hydrogens (tertiary/aromatic N) is 1. The highest BCUT2D eigenvalue weighted by atomic mass is 16.5. The van der Waals surface area contributed by atoms with E-state index in [1.165, 1.54) is 5.56 Å².